The Bertz CT molecular complexity index is 649. The highest BCUT2D eigenvalue weighted by atomic mass is 79.9. The third-order valence-electron chi connectivity index (χ3n) is 5.28. The molecule has 2 fully saturated rings. The minimum Gasteiger partial charge on any atom is -0.320 e. The van der Waals surface area contributed by atoms with Crippen molar-refractivity contribution in [3.05, 3.63) is 46.5 Å². The molecule has 2 aromatic rings. The van der Waals surface area contributed by atoms with Gasteiger partial charge in [0, 0.05) is 11.5 Å². The molecule has 1 aromatic carbocycles. The van der Waals surface area contributed by atoms with Crippen LogP contribution in [0.4, 0.5) is 0 Å². The largest absolute Gasteiger partial charge is 0.320 e. The van der Waals surface area contributed by atoms with Crippen molar-refractivity contribution in [2.24, 2.45) is 12.5 Å². The molecule has 0 saturated heterocycles. The summed E-state index contributed by atoms with van der Waals surface area (Å²) in [7, 11) is 2.06. The molecule has 0 unspecified atom stereocenters. The number of aromatic nitrogens is 3. The first-order valence-corrected chi connectivity index (χ1v) is 8.04. The van der Waals surface area contributed by atoms with Crippen molar-refractivity contribution < 1.29 is 0 Å². The van der Waals surface area contributed by atoms with E-state index in [1.54, 1.807) is 0 Å². The minimum atomic E-state index is 0.0649. The van der Waals surface area contributed by atoms with E-state index in [2.05, 4.69) is 62.0 Å². The molecule has 3 nitrogen and oxygen atoms in total. The standard InChI is InChI=1S/C16H18BrN3/c1-20-11-18-19-14(20)16(9-15(10-16)6-3-7-15)12-4-2-5-13(17)8-12/h2,4-5,8,11H,3,6-7,9-10H2,1H3. The van der Waals surface area contributed by atoms with Gasteiger partial charge in [0.1, 0.15) is 12.2 Å². The van der Waals surface area contributed by atoms with E-state index in [4.69, 9.17) is 0 Å². The second kappa shape index (κ2) is 4.17. The molecule has 4 heteroatoms. The van der Waals surface area contributed by atoms with E-state index in [1.165, 1.54) is 37.7 Å². The van der Waals surface area contributed by atoms with Crippen LogP contribution in [-0.2, 0) is 12.5 Å². The van der Waals surface area contributed by atoms with Gasteiger partial charge in [0.2, 0.25) is 0 Å². The van der Waals surface area contributed by atoms with Gasteiger partial charge in [-0.15, -0.1) is 10.2 Å². The summed E-state index contributed by atoms with van der Waals surface area (Å²) >= 11 is 3.61. The first kappa shape index (κ1) is 12.6. The van der Waals surface area contributed by atoms with Gasteiger partial charge in [-0.3, -0.25) is 0 Å². The zero-order valence-corrected chi connectivity index (χ0v) is 13.2. The number of hydrogen-bond donors (Lipinski definition) is 0. The van der Waals surface area contributed by atoms with E-state index in [1.807, 2.05) is 6.33 Å². The Labute approximate surface area is 127 Å². The maximum atomic E-state index is 4.44. The molecule has 1 aromatic heterocycles. The molecule has 0 bridgehead atoms. The minimum absolute atomic E-state index is 0.0649. The van der Waals surface area contributed by atoms with E-state index in [0.717, 1.165) is 10.3 Å². The van der Waals surface area contributed by atoms with Gasteiger partial charge in [0.05, 0.1) is 5.41 Å². The molecule has 2 saturated carbocycles. The van der Waals surface area contributed by atoms with Crippen molar-refractivity contribution in [1.82, 2.24) is 14.8 Å². The Hall–Kier alpha value is -1.16. The summed E-state index contributed by atoms with van der Waals surface area (Å²) in [5, 5.41) is 8.55. The lowest BCUT2D eigenvalue weighted by Gasteiger charge is -2.60. The Kier molecular flexibility index (Phi) is 2.62. The van der Waals surface area contributed by atoms with E-state index < -0.39 is 0 Å². The van der Waals surface area contributed by atoms with Gasteiger partial charge in [0.15, 0.2) is 0 Å². The van der Waals surface area contributed by atoms with Crippen molar-refractivity contribution in [2.75, 3.05) is 0 Å². The van der Waals surface area contributed by atoms with Crippen molar-refractivity contribution in [1.29, 1.82) is 0 Å². The molecule has 104 valence electrons. The lowest BCUT2D eigenvalue weighted by atomic mass is 9.43. The van der Waals surface area contributed by atoms with Crippen molar-refractivity contribution in [3.8, 4) is 0 Å². The first-order valence-electron chi connectivity index (χ1n) is 7.24. The average molecular weight is 332 g/mol. The van der Waals surface area contributed by atoms with Gasteiger partial charge in [-0.05, 0) is 48.8 Å². The molecule has 2 aliphatic rings. The molecular weight excluding hydrogens is 314 g/mol. The summed E-state index contributed by atoms with van der Waals surface area (Å²) in [5.41, 5.74) is 2.03. The van der Waals surface area contributed by atoms with E-state index in [0.29, 0.717) is 5.41 Å². The zero-order valence-electron chi connectivity index (χ0n) is 11.6. The molecule has 0 radical (unpaired) electrons. The summed E-state index contributed by atoms with van der Waals surface area (Å²) in [4.78, 5) is 0. The van der Waals surface area contributed by atoms with Crippen LogP contribution in [0.25, 0.3) is 0 Å². The molecule has 1 spiro atoms. The maximum absolute atomic E-state index is 4.44. The van der Waals surface area contributed by atoms with Crippen LogP contribution in [-0.4, -0.2) is 14.8 Å². The summed E-state index contributed by atoms with van der Waals surface area (Å²) in [5.74, 6) is 1.12. The van der Waals surface area contributed by atoms with Crippen molar-refractivity contribution in [2.45, 2.75) is 37.5 Å². The van der Waals surface area contributed by atoms with Gasteiger partial charge < -0.3 is 4.57 Å². The third kappa shape index (κ3) is 1.63. The summed E-state index contributed by atoms with van der Waals surface area (Å²) < 4.78 is 3.23. The fourth-order valence-corrected chi connectivity index (χ4v) is 4.65. The average Bonchev–Trinajstić information content (AvgIpc) is 2.74. The molecule has 4 rings (SSSR count). The fraction of sp³-hybridized carbons (Fsp3) is 0.500. The van der Waals surface area contributed by atoms with Crippen LogP contribution in [0.15, 0.2) is 35.1 Å². The van der Waals surface area contributed by atoms with Crippen LogP contribution < -0.4 is 0 Å². The number of hydrogen-bond acceptors (Lipinski definition) is 2. The SMILES string of the molecule is Cn1cnnc1C1(c2cccc(Br)c2)CC2(CCC2)C1. The highest BCUT2D eigenvalue weighted by Gasteiger charge is 2.60. The highest BCUT2D eigenvalue weighted by Crippen LogP contribution is 2.66. The van der Waals surface area contributed by atoms with Crippen molar-refractivity contribution in [3.63, 3.8) is 0 Å². The van der Waals surface area contributed by atoms with Crippen LogP contribution in [0.3, 0.4) is 0 Å². The molecule has 0 N–H and O–H groups in total. The van der Waals surface area contributed by atoms with Crippen LogP contribution >= 0.6 is 15.9 Å². The third-order valence-corrected chi connectivity index (χ3v) is 5.78. The molecular formula is C16H18BrN3. The van der Waals surface area contributed by atoms with Crippen LogP contribution in [0.5, 0.6) is 0 Å². The van der Waals surface area contributed by atoms with Gasteiger partial charge in [-0.25, -0.2) is 0 Å². The highest BCUT2D eigenvalue weighted by molar-refractivity contribution is 9.10. The molecule has 0 atom stereocenters. The number of rotatable bonds is 2. The second-order valence-electron chi connectivity index (χ2n) is 6.57. The quantitative estimate of drug-likeness (QED) is 0.837. The molecule has 20 heavy (non-hydrogen) atoms. The van der Waals surface area contributed by atoms with Crippen LogP contribution in [0, 0.1) is 5.41 Å². The Morgan fingerprint density at radius 2 is 2.05 bits per heavy atom. The number of aryl methyl sites for hydroxylation is 1. The number of nitrogens with zero attached hydrogens (tertiary/aromatic N) is 3. The monoisotopic (exact) mass is 331 g/mol. The number of benzene rings is 1. The Morgan fingerprint density at radius 3 is 2.60 bits per heavy atom. The lowest BCUT2D eigenvalue weighted by molar-refractivity contribution is -0.0346. The lowest BCUT2D eigenvalue weighted by Crippen LogP contribution is -2.54. The van der Waals surface area contributed by atoms with Crippen LogP contribution in [0.1, 0.15) is 43.5 Å². The van der Waals surface area contributed by atoms with E-state index >= 15 is 0 Å². The molecule has 1 heterocycles. The summed E-state index contributed by atoms with van der Waals surface area (Å²) in [6.07, 6.45) is 8.45. The second-order valence-corrected chi connectivity index (χ2v) is 7.48. The predicted octanol–water partition coefficient (Wildman–Crippen LogP) is 3.83. The van der Waals surface area contributed by atoms with E-state index in [-0.39, 0.29) is 5.41 Å². The van der Waals surface area contributed by atoms with Gasteiger partial charge in [0.25, 0.3) is 0 Å². The van der Waals surface area contributed by atoms with Crippen molar-refractivity contribution >= 4 is 15.9 Å². The molecule has 2 aliphatic carbocycles. The predicted molar refractivity (Wildman–Crippen MR) is 81.4 cm³/mol. The first-order chi connectivity index (χ1) is 9.64. The molecule has 0 aliphatic heterocycles. The van der Waals surface area contributed by atoms with Gasteiger partial charge >= 0.3 is 0 Å². The normalized spacial score (nSPS) is 22.3. The summed E-state index contributed by atoms with van der Waals surface area (Å²) in [6, 6.07) is 8.71. The van der Waals surface area contributed by atoms with Crippen LogP contribution in [0.2, 0.25) is 0 Å². The van der Waals surface area contributed by atoms with Gasteiger partial charge in [-0.1, -0.05) is 34.5 Å². The number of halogens is 1. The fourth-order valence-electron chi connectivity index (χ4n) is 4.25. The molecule has 0 amide bonds. The Balaban J connectivity index is 1.81. The van der Waals surface area contributed by atoms with Gasteiger partial charge in [-0.2, -0.15) is 0 Å². The smallest absolute Gasteiger partial charge is 0.143 e. The maximum Gasteiger partial charge on any atom is 0.143 e. The summed E-state index contributed by atoms with van der Waals surface area (Å²) in [6.45, 7) is 0. The zero-order chi connectivity index (χ0) is 13.8. The Morgan fingerprint density at radius 1 is 1.25 bits per heavy atom. The topological polar surface area (TPSA) is 30.7 Å². The van der Waals surface area contributed by atoms with E-state index in [9.17, 15) is 0 Å².